The van der Waals surface area contributed by atoms with E-state index in [1.54, 1.807) is 48.5 Å². The van der Waals surface area contributed by atoms with Crippen molar-refractivity contribution in [2.75, 3.05) is 10.8 Å². The van der Waals surface area contributed by atoms with Crippen molar-refractivity contribution in [2.24, 2.45) is 0 Å². The number of carbonyl (C=O) groups is 2. The average molecular weight is 644 g/mol. The summed E-state index contributed by atoms with van der Waals surface area (Å²) in [7, 11) is -4.13. The van der Waals surface area contributed by atoms with Gasteiger partial charge in [0.2, 0.25) is 11.8 Å². The Balaban J connectivity index is 1.56. The third kappa shape index (κ3) is 8.32. The van der Waals surface area contributed by atoms with E-state index in [1.165, 1.54) is 17.0 Å². The van der Waals surface area contributed by atoms with Crippen LogP contribution in [0.25, 0.3) is 0 Å². The summed E-state index contributed by atoms with van der Waals surface area (Å²) >= 11 is 6.33. The predicted molar refractivity (Wildman–Crippen MR) is 178 cm³/mol. The standard InChI is InChI=1S/C36H38ClN3O4S/c1-27-19-21-32(22-20-27)40(45(43,44)33-17-6-3-7-18-33)26-35(41)39(25-29-13-10-14-30(37)23-29)34(24-28-11-4-2-5-12-28)36(42)38-31-15-8-9-16-31/h2-7,10-14,17-23,31,34H,8-9,15-16,24-26H2,1H3,(H,38,42). The number of nitrogens with zero attached hydrogens (tertiary/aromatic N) is 2. The molecule has 4 aromatic rings. The second-order valence-corrected chi connectivity index (χ2v) is 13.8. The minimum Gasteiger partial charge on any atom is -0.352 e. The number of hydrogen-bond acceptors (Lipinski definition) is 4. The molecule has 45 heavy (non-hydrogen) atoms. The topological polar surface area (TPSA) is 86.8 Å². The van der Waals surface area contributed by atoms with Gasteiger partial charge < -0.3 is 10.2 Å². The molecule has 9 heteroatoms. The molecule has 1 unspecified atom stereocenters. The van der Waals surface area contributed by atoms with Crippen LogP contribution in [0.4, 0.5) is 5.69 Å². The lowest BCUT2D eigenvalue weighted by atomic mass is 10.0. The fourth-order valence-corrected chi connectivity index (χ4v) is 7.36. The summed E-state index contributed by atoms with van der Waals surface area (Å²) in [6, 6.07) is 30.9. The normalized spacial score (nSPS) is 14.1. The Labute approximate surface area is 270 Å². The molecule has 2 amide bonds. The van der Waals surface area contributed by atoms with E-state index in [-0.39, 0.29) is 29.8 Å². The van der Waals surface area contributed by atoms with Crippen LogP contribution in [0.5, 0.6) is 0 Å². The van der Waals surface area contributed by atoms with Gasteiger partial charge in [-0.05, 0) is 67.3 Å². The van der Waals surface area contributed by atoms with Gasteiger partial charge in [0, 0.05) is 24.0 Å². The van der Waals surface area contributed by atoms with E-state index in [9.17, 15) is 18.0 Å². The number of nitrogens with one attached hydrogen (secondary N) is 1. The monoisotopic (exact) mass is 643 g/mol. The first kappa shape index (κ1) is 32.3. The molecule has 0 heterocycles. The Morgan fingerprint density at radius 1 is 0.844 bits per heavy atom. The van der Waals surface area contributed by atoms with Crippen molar-refractivity contribution >= 4 is 39.1 Å². The second kappa shape index (κ2) is 14.8. The van der Waals surface area contributed by atoms with Gasteiger partial charge in [-0.3, -0.25) is 13.9 Å². The Bertz CT molecular complexity index is 1690. The van der Waals surface area contributed by atoms with Gasteiger partial charge in [-0.25, -0.2) is 8.42 Å². The van der Waals surface area contributed by atoms with Crippen LogP contribution in [0, 0.1) is 6.92 Å². The van der Waals surface area contributed by atoms with Gasteiger partial charge in [-0.1, -0.05) is 103 Å². The predicted octanol–water partition coefficient (Wildman–Crippen LogP) is 6.54. The van der Waals surface area contributed by atoms with Crippen molar-refractivity contribution in [1.82, 2.24) is 10.2 Å². The molecule has 0 aliphatic heterocycles. The van der Waals surface area contributed by atoms with Crippen LogP contribution in [0.1, 0.15) is 42.4 Å². The van der Waals surface area contributed by atoms with Crippen LogP contribution in [-0.4, -0.2) is 43.8 Å². The van der Waals surface area contributed by atoms with Crippen molar-refractivity contribution in [1.29, 1.82) is 0 Å². The third-order valence-corrected chi connectivity index (χ3v) is 10.2. The van der Waals surface area contributed by atoms with E-state index in [4.69, 9.17) is 11.6 Å². The molecule has 1 aliphatic rings. The van der Waals surface area contributed by atoms with Gasteiger partial charge in [0.25, 0.3) is 10.0 Å². The van der Waals surface area contributed by atoms with E-state index in [1.807, 2.05) is 55.5 Å². The van der Waals surface area contributed by atoms with Gasteiger partial charge in [0.05, 0.1) is 10.6 Å². The number of sulfonamides is 1. The molecule has 0 saturated heterocycles. The maximum atomic E-state index is 14.5. The minimum absolute atomic E-state index is 0.0430. The number of rotatable bonds is 12. The maximum Gasteiger partial charge on any atom is 0.264 e. The first-order valence-electron chi connectivity index (χ1n) is 15.2. The van der Waals surface area contributed by atoms with Crippen LogP contribution in [0.2, 0.25) is 5.02 Å². The molecule has 1 saturated carbocycles. The summed E-state index contributed by atoms with van der Waals surface area (Å²) in [5, 5.41) is 3.69. The molecule has 4 aromatic carbocycles. The van der Waals surface area contributed by atoms with Crippen LogP contribution >= 0.6 is 11.6 Å². The lowest BCUT2D eigenvalue weighted by Gasteiger charge is -2.34. The summed E-state index contributed by atoms with van der Waals surface area (Å²) in [5.74, 6) is -0.758. The fraction of sp³-hybridized carbons (Fsp3) is 0.278. The van der Waals surface area contributed by atoms with Crippen LogP contribution in [0.3, 0.4) is 0 Å². The summed E-state index contributed by atoms with van der Waals surface area (Å²) in [4.78, 5) is 30.2. The zero-order valence-corrected chi connectivity index (χ0v) is 26.9. The number of amides is 2. The van der Waals surface area contributed by atoms with Crippen molar-refractivity contribution in [3.8, 4) is 0 Å². The van der Waals surface area contributed by atoms with E-state index >= 15 is 0 Å². The Kier molecular flexibility index (Phi) is 10.6. The minimum atomic E-state index is -4.13. The average Bonchev–Trinajstić information content (AvgIpc) is 3.56. The van der Waals surface area contributed by atoms with Gasteiger partial charge in [0.1, 0.15) is 12.6 Å². The molecule has 234 valence electrons. The molecular formula is C36H38ClN3O4S. The van der Waals surface area contributed by atoms with Crippen LogP contribution in [0.15, 0.2) is 114 Å². The quantitative estimate of drug-likeness (QED) is 0.190. The third-order valence-electron chi connectivity index (χ3n) is 8.15. The lowest BCUT2D eigenvalue weighted by molar-refractivity contribution is -0.140. The Morgan fingerprint density at radius 3 is 2.11 bits per heavy atom. The fourth-order valence-electron chi connectivity index (χ4n) is 5.71. The lowest BCUT2D eigenvalue weighted by Crippen LogP contribution is -2.54. The molecule has 0 bridgehead atoms. The molecule has 1 fully saturated rings. The SMILES string of the molecule is Cc1ccc(N(CC(=O)N(Cc2cccc(Cl)c2)C(Cc2ccccc2)C(=O)NC2CCCC2)S(=O)(=O)c2ccccc2)cc1. The zero-order valence-electron chi connectivity index (χ0n) is 25.3. The first-order valence-corrected chi connectivity index (χ1v) is 17.1. The van der Waals surface area contributed by atoms with Gasteiger partial charge in [-0.15, -0.1) is 0 Å². The first-order chi connectivity index (χ1) is 21.7. The molecule has 0 radical (unpaired) electrons. The number of benzene rings is 4. The highest BCUT2D eigenvalue weighted by molar-refractivity contribution is 7.92. The summed E-state index contributed by atoms with van der Waals surface area (Å²) in [6.07, 6.45) is 4.14. The largest absolute Gasteiger partial charge is 0.352 e. The molecule has 7 nitrogen and oxygen atoms in total. The number of aryl methyl sites for hydroxylation is 1. The second-order valence-electron chi connectivity index (χ2n) is 11.5. The molecular weight excluding hydrogens is 606 g/mol. The molecule has 5 rings (SSSR count). The Morgan fingerprint density at radius 2 is 1.47 bits per heavy atom. The molecule has 0 spiro atoms. The number of hydrogen-bond donors (Lipinski definition) is 1. The van der Waals surface area contributed by atoms with Gasteiger partial charge in [-0.2, -0.15) is 0 Å². The van der Waals surface area contributed by atoms with Gasteiger partial charge >= 0.3 is 0 Å². The molecule has 1 atom stereocenters. The van der Waals surface area contributed by atoms with E-state index in [2.05, 4.69) is 5.32 Å². The van der Waals surface area contributed by atoms with Crippen LogP contribution < -0.4 is 9.62 Å². The van der Waals surface area contributed by atoms with Crippen molar-refractivity contribution in [3.05, 3.63) is 131 Å². The van der Waals surface area contributed by atoms with Crippen molar-refractivity contribution in [3.63, 3.8) is 0 Å². The molecule has 0 aromatic heterocycles. The van der Waals surface area contributed by atoms with Crippen molar-refractivity contribution < 1.29 is 18.0 Å². The molecule has 1 N–H and O–H groups in total. The number of anilines is 1. The Hall–Kier alpha value is -4.14. The zero-order chi connectivity index (χ0) is 31.8. The van der Waals surface area contributed by atoms with Crippen LogP contribution in [-0.2, 0) is 32.6 Å². The highest BCUT2D eigenvalue weighted by Gasteiger charge is 2.35. The van der Waals surface area contributed by atoms with Crippen molar-refractivity contribution in [2.45, 2.75) is 62.6 Å². The highest BCUT2D eigenvalue weighted by atomic mass is 35.5. The summed E-state index contributed by atoms with van der Waals surface area (Å²) < 4.78 is 29.3. The summed E-state index contributed by atoms with van der Waals surface area (Å²) in [6.45, 7) is 1.49. The van der Waals surface area contributed by atoms with E-state index < -0.39 is 28.5 Å². The smallest absolute Gasteiger partial charge is 0.264 e. The molecule has 1 aliphatic carbocycles. The van der Waals surface area contributed by atoms with E-state index in [0.29, 0.717) is 10.7 Å². The highest BCUT2D eigenvalue weighted by Crippen LogP contribution is 2.26. The van der Waals surface area contributed by atoms with Gasteiger partial charge in [0.15, 0.2) is 0 Å². The maximum absolute atomic E-state index is 14.5. The number of carbonyl (C=O) groups excluding carboxylic acids is 2. The van der Waals surface area contributed by atoms with E-state index in [0.717, 1.165) is 46.7 Å². The number of halogens is 1. The summed E-state index contributed by atoms with van der Waals surface area (Å²) in [5.41, 5.74) is 2.93.